The summed E-state index contributed by atoms with van der Waals surface area (Å²) in [6.07, 6.45) is 0. The van der Waals surface area contributed by atoms with Gasteiger partial charge in [-0.05, 0) is 20.8 Å². The minimum atomic E-state index is -1.05. The zero-order valence-corrected chi connectivity index (χ0v) is 8.57. The Morgan fingerprint density at radius 1 is 1.50 bits per heavy atom. The first-order chi connectivity index (χ1) is 6.60. The molecular weight excluding hydrogens is 184 g/mol. The maximum Gasteiger partial charge on any atom is 0.358 e. The number of carboxylic acids is 1. The molecule has 0 fully saturated rings. The van der Waals surface area contributed by atoms with Gasteiger partial charge in [-0.15, -0.1) is 0 Å². The van der Waals surface area contributed by atoms with Crippen LogP contribution in [-0.4, -0.2) is 29.1 Å². The standard InChI is InChI=1S/C9H14N2O3/c1-4-11(5-2)9-10-7(8(12)13)6(3)14-9/h4-5H2,1-3H3,(H,12,13). The number of hydrogen-bond donors (Lipinski definition) is 1. The lowest BCUT2D eigenvalue weighted by Gasteiger charge is -2.14. The number of carboxylic acid groups (broad SMARTS) is 1. The van der Waals surface area contributed by atoms with E-state index in [4.69, 9.17) is 9.52 Å². The highest BCUT2D eigenvalue weighted by Crippen LogP contribution is 2.17. The van der Waals surface area contributed by atoms with Crippen LogP contribution in [0.2, 0.25) is 0 Å². The van der Waals surface area contributed by atoms with Gasteiger partial charge in [-0.1, -0.05) is 0 Å². The van der Waals surface area contributed by atoms with E-state index in [9.17, 15) is 4.79 Å². The van der Waals surface area contributed by atoms with Crippen LogP contribution in [0, 0.1) is 6.92 Å². The second-order valence-electron chi connectivity index (χ2n) is 2.88. The van der Waals surface area contributed by atoms with Gasteiger partial charge in [-0.25, -0.2) is 4.79 Å². The lowest BCUT2D eigenvalue weighted by atomic mass is 10.4. The van der Waals surface area contributed by atoms with Crippen LogP contribution in [0.3, 0.4) is 0 Å². The van der Waals surface area contributed by atoms with Gasteiger partial charge in [0.1, 0.15) is 5.76 Å². The zero-order valence-electron chi connectivity index (χ0n) is 8.57. The summed E-state index contributed by atoms with van der Waals surface area (Å²) in [4.78, 5) is 16.5. The van der Waals surface area contributed by atoms with Crippen molar-refractivity contribution >= 4 is 12.0 Å². The van der Waals surface area contributed by atoms with Crippen molar-refractivity contribution in [3.05, 3.63) is 11.5 Å². The average molecular weight is 198 g/mol. The van der Waals surface area contributed by atoms with E-state index in [1.54, 1.807) is 6.92 Å². The summed E-state index contributed by atoms with van der Waals surface area (Å²) in [6.45, 7) is 7.02. The Morgan fingerprint density at radius 2 is 2.07 bits per heavy atom. The van der Waals surface area contributed by atoms with Crippen LogP contribution < -0.4 is 4.90 Å². The van der Waals surface area contributed by atoms with E-state index >= 15 is 0 Å². The Bertz CT molecular complexity index is 329. The Kier molecular flexibility index (Phi) is 3.11. The molecule has 0 bridgehead atoms. The number of anilines is 1. The average Bonchev–Trinajstić information content (AvgIpc) is 2.50. The molecular formula is C9H14N2O3. The number of oxazole rings is 1. The van der Waals surface area contributed by atoms with Gasteiger partial charge in [0, 0.05) is 13.1 Å². The molecule has 0 aromatic carbocycles. The van der Waals surface area contributed by atoms with Crippen molar-refractivity contribution in [1.29, 1.82) is 0 Å². The fourth-order valence-corrected chi connectivity index (χ4v) is 1.21. The van der Waals surface area contributed by atoms with Crippen LogP contribution >= 0.6 is 0 Å². The second kappa shape index (κ2) is 4.13. The molecule has 1 N–H and O–H groups in total. The number of aromatic nitrogens is 1. The van der Waals surface area contributed by atoms with Gasteiger partial charge in [0.25, 0.3) is 6.01 Å². The molecule has 1 heterocycles. The van der Waals surface area contributed by atoms with Crippen LogP contribution in [-0.2, 0) is 0 Å². The Labute approximate surface area is 82.4 Å². The molecule has 0 aliphatic rings. The molecule has 0 spiro atoms. The van der Waals surface area contributed by atoms with E-state index in [2.05, 4.69) is 4.98 Å². The first-order valence-corrected chi connectivity index (χ1v) is 4.55. The summed E-state index contributed by atoms with van der Waals surface area (Å²) in [7, 11) is 0. The van der Waals surface area contributed by atoms with Gasteiger partial charge >= 0.3 is 5.97 Å². The van der Waals surface area contributed by atoms with E-state index in [1.807, 2.05) is 18.7 Å². The Balaban J connectivity index is 3.01. The summed E-state index contributed by atoms with van der Waals surface area (Å²) in [5.74, 6) is -0.705. The highest BCUT2D eigenvalue weighted by molar-refractivity contribution is 5.86. The molecule has 1 aromatic rings. The molecule has 0 unspecified atom stereocenters. The van der Waals surface area contributed by atoms with Gasteiger partial charge in [0.2, 0.25) is 0 Å². The lowest BCUT2D eigenvalue weighted by molar-refractivity contribution is 0.0689. The van der Waals surface area contributed by atoms with E-state index < -0.39 is 5.97 Å². The zero-order chi connectivity index (χ0) is 10.7. The molecule has 78 valence electrons. The number of aromatic carboxylic acids is 1. The van der Waals surface area contributed by atoms with Crippen molar-refractivity contribution in [3.63, 3.8) is 0 Å². The minimum Gasteiger partial charge on any atom is -0.476 e. The molecule has 0 saturated heterocycles. The van der Waals surface area contributed by atoms with Crippen molar-refractivity contribution in [2.24, 2.45) is 0 Å². The highest BCUT2D eigenvalue weighted by atomic mass is 16.4. The van der Waals surface area contributed by atoms with Crippen LogP contribution in [0.1, 0.15) is 30.1 Å². The number of nitrogens with zero attached hydrogens (tertiary/aromatic N) is 2. The van der Waals surface area contributed by atoms with E-state index in [1.165, 1.54) is 0 Å². The monoisotopic (exact) mass is 198 g/mol. The third kappa shape index (κ3) is 1.86. The number of carbonyl (C=O) groups is 1. The van der Waals surface area contributed by atoms with E-state index in [0.717, 1.165) is 13.1 Å². The molecule has 5 heteroatoms. The quantitative estimate of drug-likeness (QED) is 0.794. The van der Waals surface area contributed by atoms with Gasteiger partial charge in [-0.3, -0.25) is 0 Å². The SMILES string of the molecule is CCN(CC)c1nc(C(=O)O)c(C)o1. The topological polar surface area (TPSA) is 66.6 Å². The van der Waals surface area contributed by atoms with Gasteiger partial charge in [0.15, 0.2) is 5.69 Å². The van der Waals surface area contributed by atoms with Crippen LogP contribution in [0.4, 0.5) is 6.01 Å². The predicted molar refractivity (Wildman–Crippen MR) is 51.8 cm³/mol. The fraction of sp³-hybridized carbons (Fsp3) is 0.556. The highest BCUT2D eigenvalue weighted by Gasteiger charge is 2.18. The molecule has 1 aromatic heterocycles. The minimum absolute atomic E-state index is 0.00750. The third-order valence-corrected chi connectivity index (χ3v) is 2.02. The van der Waals surface area contributed by atoms with Crippen molar-refractivity contribution < 1.29 is 14.3 Å². The summed E-state index contributed by atoms with van der Waals surface area (Å²) in [5, 5.41) is 8.77. The Morgan fingerprint density at radius 3 is 2.43 bits per heavy atom. The van der Waals surface area contributed by atoms with Crippen LogP contribution in [0.5, 0.6) is 0 Å². The molecule has 0 aliphatic carbocycles. The molecule has 5 nitrogen and oxygen atoms in total. The molecule has 0 aliphatic heterocycles. The third-order valence-electron chi connectivity index (χ3n) is 2.02. The number of hydrogen-bond acceptors (Lipinski definition) is 4. The summed E-state index contributed by atoms with van der Waals surface area (Å²) in [6, 6.07) is 0.380. The maximum atomic E-state index is 10.7. The fourth-order valence-electron chi connectivity index (χ4n) is 1.21. The van der Waals surface area contributed by atoms with Crippen molar-refractivity contribution in [2.75, 3.05) is 18.0 Å². The van der Waals surface area contributed by atoms with Gasteiger partial charge in [-0.2, -0.15) is 4.98 Å². The summed E-state index contributed by atoms with van der Waals surface area (Å²) in [5.41, 5.74) is -0.00750. The molecule has 1 rings (SSSR count). The van der Waals surface area contributed by atoms with Crippen molar-refractivity contribution in [3.8, 4) is 0 Å². The van der Waals surface area contributed by atoms with Gasteiger partial charge in [0.05, 0.1) is 0 Å². The molecule has 0 atom stereocenters. The van der Waals surface area contributed by atoms with Crippen LogP contribution in [0.25, 0.3) is 0 Å². The van der Waals surface area contributed by atoms with Crippen LogP contribution in [0.15, 0.2) is 4.42 Å². The largest absolute Gasteiger partial charge is 0.476 e. The molecule has 14 heavy (non-hydrogen) atoms. The van der Waals surface area contributed by atoms with Crippen molar-refractivity contribution in [1.82, 2.24) is 4.98 Å². The molecule has 0 saturated carbocycles. The first kappa shape index (κ1) is 10.6. The Hall–Kier alpha value is -1.52. The van der Waals surface area contributed by atoms with Crippen molar-refractivity contribution in [2.45, 2.75) is 20.8 Å². The number of rotatable bonds is 4. The lowest BCUT2D eigenvalue weighted by Crippen LogP contribution is -2.22. The van der Waals surface area contributed by atoms with Gasteiger partial charge < -0.3 is 14.4 Å². The summed E-state index contributed by atoms with van der Waals surface area (Å²) >= 11 is 0. The van der Waals surface area contributed by atoms with E-state index in [0.29, 0.717) is 11.8 Å². The maximum absolute atomic E-state index is 10.7. The first-order valence-electron chi connectivity index (χ1n) is 4.55. The molecule has 0 amide bonds. The molecule has 0 radical (unpaired) electrons. The smallest absolute Gasteiger partial charge is 0.358 e. The van der Waals surface area contributed by atoms with E-state index in [-0.39, 0.29) is 5.69 Å². The predicted octanol–water partition coefficient (Wildman–Crippen LogP) is 1.53. The number of aryl methyl sites for hydroxylation is 1. The summed E-state index contributed by atoms with van der Waals surface area (Å²) < 4.78 is 5.25. The second-order valence-corrected chi connectivity index (χ2v) is 2.88. The normalized spacial score (nSPS) is 10.2.